The van der Waals surface area contributed by atoms with E-state index in [0.717, 1.165) is 29.8 Å². The Hall–Kier alpha value is -3.45. The van der Waals surface area contributed by atoms with E-state index in [1.54, 1.807) is 18.1 Å². The van der Waals surface area contributed by atoms with Gasteiger partial charge in [-0.3, -0.25) is 4.79 Å². The number of ether oxygens (including phenoxy) is 1. The normalized spacial score (nSPS) is 23.5. The molecular formula is C24H24N4O3. The van der Waals surface area contributed by atoms with Crippen LogP contribution in [0.2, 0.25) is 0 Å². The topological polar surface area (TPSA) is 89.3 Å². The van der Waals surface area contributed by atoms with Crippen LogP contribution in [0.5, 0.6) is 5.75 Å². The highest BCUT2D eigenvalue weighted by molar-refractivity contribution is 5.99. The van der Waals surface area contributed by atoms with Gasteiger partial charge in [0.25, 0.3) is 0 Å². The number of Topliss-reactive ketones (excluding diaryl/α,β-unsaturated/α-hetero) is 1. The molecule has 158 valence electrons. The minimum Gasteiger partial charge on any atom is -0.510 e. The summed E-state index contributed by atoms with van der Waals surface area (Å²) in [5.74, 6) is 0.481. The molecule has 2 aliphatic rings. The first-order valence-electron chi connectivity index (χ1n) is 10.4. The van der Waals surface area contributed by atoms with E-state index in [9.17, 15) is 9.90 Å². The van der Waals surface area contributed by atoms with Gasteiger partial charge in [-0.2, -0.15) is 5.10 Å². The van der Waals surface area contributed by atoms with Gasteiger partial charge >= 0.3 is 0 Å². The molecule has 0 unspecified atom stereocenters. The zero-order valence-corrected chi connectivity index (χ0v) is 17.2. The Balaban J connectivity index is 1.62. The third-order valence-electron chi connectivity index (χ3n) is 6.31. The van der Waals surface area contributed by atoms with Crippen LogP contribution in [0.25, 0.3) is 0 Å². The van der Waals surface area contributed by atoms with Gasteiger partial charge in [-0.15, -0.1) is 0 Å². The van der Waals surface area contributed by atoms with E-state index in [0.29, 0.717) is 5.57 Å². The minimum atomic E-state index is -0.514. The van der Waals surface area contributed by atoms with Gasteiger partial charge in [-0.05, 0) is 35.2 Å². The van der Waals surface area contributed by atoms with Crippen LogP contribution in [-0.2, 0) is 11.2 Å². The summed E-state index contributed by atoms with van der Waals surface area (Å²) >= 11 is 0. The molecule has 0 bridgehead atoms. The third-order valence-corrected chi connectivity index (χ3v) is 6.31. The van der Waals surface area contributed by atoms with Crippen LogP contribution in [-0.4, -0.2) is 39.3 Å². The van der Waals surface area contributed by atoms with Crippen molar-refractivity contribution < 1.29 is 14.6 Å². The number of hydrogen-bond acceptors (Lipinski definition) is 6. The molecule has 1 aromatic heterocycles. The maximum absolute atomic E-state index is 13.4. The molecule has 0 saturated carbocycles. The fraction of sp³-hybridized carbons (Fsp3) is 0.292. The Kier molecular flexibility index (Phi) is 5.03. The molecule has 1 aliphatic heterocycles. The molecule has 0 amide bonds. The van der Waals surface area contributed by atoms with Crippen LogP contribution in [0, 0.1) is 0 Å². The van der Waals surface area contributed by atoms with Gasteiger partial charge in [-0.25, -0.2) is 9.67 Å². The van der Waals surface area contributed by atoms with Gasteiger partial charge in [-0.1, -0.05) is 36.4 Å². The number of rotatable bonds is 4. The molecule has 2 N–H and O–H groups in total. The predicted molar refractivity (Wildman–Crippen MR) is 115 cm³/mol. The molecule has 3 aromatic rings. The summed E-state index contributed by atoms with van der Waals surface area (Å²) in [6.45, 7) is 0.752. The Labute approximate surface area is 180 Å². The van der Waals surface area contributed by atoms with Crippen LogP contribution in [0.15, 0.2) is 72.5 Å². The maximum Gasteiger partial charge on any atom is 0.164 e. The van der Waals surface area contributed by atoms with Crippen molar-refractivity contribution in [3.8, 4) is 5.75 Å². The van der Waals surface area contributed by atoms with Crippen LogP contribution in [0.3, 0.4) is 0 Å². The van der Waals surface area contributed by atoms with Gasteiger partial charge in [0.1, 0.15) is 30.2 Å². The number of aromatic nitrogens is 3. The second-order valence-electron chi connectivity index (χ2n) is 7.96. The summed E-state index contributed by atoms with van der Waals surface area (Å²) in [7, 11) is 1.62. The molecule has 0 radical (unpaired) electrons. The van der Waals surface area contributed by atoms with Crippen LogP contribution in [0.1, 0.15) is 41.1 Å². The van der Waals surface area contributed by atoms with Crippen molar-refractivity contribution in [1.29, 1.82) is 0 Å². The summed E-state index contributed by atoms with van der Waals surface area (Å²) in [6.07, 6.45) is 4.21. The molecule has 31 heavy (non-hydrogen) atoms. The molecule has 2 aromatic carbocycles. The Morgan fingerprint density at radius 1 is 1.16 bits per heavy atom. The Morgan fingerprint density at radius 2 is 1.97 bits per heavy atom. The van der Waals surface area contributed by atoms with Gasteiger partial charge in [0.15, 0.2) is 5.78 Å². The molecule has 0 fully saturated rings. The standard InChI is InChI=1S/C24H24N4O3/c1-31-17-8-6-16(7-9-17)19-12-20(29)21(24(30)23(19)28-14-25-13-27-28)22-18-5-3-2-4-15(18)10-11-26-22/h2-9,13-14,19,22-23,26,30H,10-12H2,1H3/t19-,22+,23+/m0/s1. The van der Waals surface area contributed by atoms with Crippen molar-refractivity contribution in [3.63, 3.8) is 0 Å². The molecule has 0 saturated heterocycles. The monoisotopic (exact) mass is 416 g/mol. The van der Waals surface area contributed by atoms with Gasteiger partial charge < -0.3 is 15.2 Å². The summed E-state index contributed by atoms with van der Waals surface area (Å²) in [5, 5.41) is 19.2. The summed E-state index contributed by atoms with van der Waals surface area (Å²) in [6, 6.07) is 14.9. The smallest absolute Gasteiger partial charge is 0.164 e. The average molecular weight is 416 g/mol. The number of allylic oxidation sites excluding steroid dienone is 1. The van der Waals surface area contributed by atoms with E-state index in [1.807, 2.05) is 42.5 Å². The number of benzene rings is 2. The third kappa shape index (κ3) is 3.41. The first-order valence-corrected chi connectivity index (χ1v) is 10.4. The van der Waals surface area contributed by atoms with Crippen molar-refractivity contribution >= 4 is 5.78 Å². The number of methoxy groups -OCH3 is 1. The zero-order chi connectivity index (χ0) is 21.4. The van der Waals surface area contributed by atoms with E-state index in [-0.39, 0.29) is 29.9 Å². The number of ketones is 1. The second kappa shape index (κ2) is 8.00. The van der Waals surface area contributed by atoms with E-state index < -0.39 is 6.04 Å². The first-order chi connectivity index (χ1) is 15.2. The highest BCUT2D eigenvalue weighted by Crippen LogP contribution is 2.45. The molecule has 7 nitrogen and oxygen atoms in total. The SMILES string of the molecule is COc1ccc([C@@H]2CC(=O)C([C@@H]3NCCc4ccccc43)=C(O)[C@@H]2n2cncn2)cc1. The van der Waals surface area contributed by atoms with Crippen molar-refractivity contribution in [3.05, 3.63) is 89.2 Å². The van der Waals surface area contributed by atoms with Crippen LogP contribution < -0.4 is 10.1 Å². The fourth-order valence-corrected chi connectivity index (χ4v) is 4.81. The highest BCUT2D eigenvalue weighted by Gasteiger charge is 2.42. The lowest BCUT2D eigenvalue weighted by molar-refractivity contribution is -0.117. The number of nitrogens with zero attached hydrogens (tertiary/aromatic N) is 3. The van der Waals surface area contributed by atoms with E-state index in [1.165, 1.54) is 11.9 Å². The predicted octanol–water partition coefficient (Wildman–Crippen LogP) is 3.28. The van der Waals surface area contributed by atoms with Crippen molar-refractivity contribution in [1.82, 2.24) is 20.1 Å². The summed E-state index contributed by atoms with van der Waals surface area (Å²) in [5.41, 5.74) is 3.62. The lowest BCUT2D eigenvalue weighted by atomic mass is 9.75. The molecule has 1 aliphatic carbocycles. The van der Waals surface area contributed by atoms with Gasteiger partial charge in [0.05, 0.1) is 18.7 Å². The highest BCUT2D eigenvalue weighted by atomic mass is 16.5. The number of hydrogen-bond donors (Lipinski definition) is 2. The molecular weight excluding hydrogens is 392 g/mol. The lowest BCUT2D eigenvalue weighted by Crippen LogP contribution is -2.38. The van der Waals surface area contributed by atoms with Crippen LogP contribution in [0.4, 0.5) is 0 Å². The van der Waals surface area contributed by atoms with Gasteiger partial charge in [0.2, 0.25) is 0 Å². The quantitative estimate of drug-likeness (QED) is 0.679. The van der Waals surface area contributed by atoms with E-state index >= 15 is 0 Å². The number of nitrogens with one attached hydrogen (secondary N) is 1. The van der Waals surface area contributed by atoms with E-state index in [2.05, 4.69) is 21.5 Å². The lowest BCUT2D eigenvalue weighted by Gasteiger charge is -2.36. The number of carbonyl (C=O) groups is 1. The summed E-state index contributed by atoms with van der Waals surface area (Å²) < 4.78 is 6.91. The van der Waals surface area contributed by atoms with Crippen molar-refractivity contribution in [2.45, 2.75) is 30.8 Å². The largest absolute Gasteiger partial charge is 0.510 e. The first kappa shape index (κ1) is 19.5. The zero-order valence-electron chi connectivity index (χ0n) is 17.2. The van der Waals surface area contributed by atoms with Crippen LogP contribution >= 0.6 is 0 Å². The Morgan fingerprint density at radius 3 is 2.71 bits per heavy atom. The van der Waals surface area contributed by atoms with Gasteiger partial charge in [0, 0.05) is 18.9 Å². The molecule has 5 rings (SSSR count). The molecule has 3 atom stereocenters. The maximum atomic E-state index is 13.4. The van der Waals surface area contributed by atoms with E-state index in [4.69, 9.17) is 4.74 Å². The Bertz CT molecular complexity index is 1120. The summed E-state index contributed by atoms with van der Waals surface area (Å²) in [4.78, 5) is 17.5. The molecule has 2 heterocycles. The number of aliphatic hydroxyl groups is 1. The fourth-order valence-electron chi connectivity index (χ4n) is 4.81. The molecule has 7 heteroatoms. The molecule has 0 spiro atoms. The minimum absolute atomic E-state index is 0.0520. The van der Waals surface area contributed by atoms with Crippen molar-refractivity contribution in [2.75, 3.05) is 13.7 Å². The average Bonchev–Trinajstić information content (AvgIpc) is 3.33. The second-order valence-corrected chi connectivity index (χ2v) is 7.96. The number of aliphatic hydroxyl groups excluding tert-OH is 1. The van der Waals surface area contributed by atoms with Crippen molar-refractivity contribution in [2.24, 2.45) is 0 Å². The number of carbonyl (C=O) groups excluding carboxylic acids is 1. The number of fused-ring (bicyclic) bond motifs is 1.